The van der Waals surface area contributed by atoms with Crippen LogP contribution in [0, 0.1) is 0 Å². The highest BCUT2D eigenvalue weighted by atomic mass is 16.6. The van der Waals surface area contributed by atoms with Crippen LogP contribution in [0.1, 0.15) is 239 Å². The number of ether oxygens (including phenoxy) is 3. The summed E-state index contributed by atoms with van der Waals surface area (Å²) in [5.74, 6) is -0.974. The lowest BCUT2D eigenvalue weighted by atomic mass is 10.1. The number of carbonyl (C=O) groups is 3. The number of hydrogen-bond donors (Lipinski definition) is 0. The van der Waals surface area contributed by atoms with Gasteiger partial charge in [0, 0.05) is 19.3 Å². The Bertz CT molecular complexity index is 1470. The normalized spacial score (nSPS) is 13.0. The first-order valence-electron chi connectivity index (χ1n) is 28.0. The van der Waals surface area contributed by atoms with Crippen molar-refractivity contribution in [2.24, 2.45) is 0 Å². The maximum Gasteiger partial charge on any atom is 0.306 e. The molecule has 0 saturated heterocycles. The van der Waals surface area contributed by atoms with E-state index in [9.17, 15) is 14.4 Å². The highest BCUT2D eigenvalue weighted by Crippen LogP contribution is 2.13. The molecule has 0 unspecified atom stereocenters. The maximum atomic E-state index is 12.8. The number of carbonyl (C=O) groups excluding carboxylic acids is 3. The molecule has 6 heteroatoms. The third-order valence-corrected chi connectivity index (χ3v) is 11.4. The fraction of sp³-hybridized carbons (Fsp3) is 0.635. The Morgan fingerprint density at radius 1 is 0.304 bits per heavy atom. The Morgan fingerprint density at radius 3 is 0.913 bits per heavy atom. The van der Waals surface area contributed by atoms with Crippen LogP contribution in [0.3, 0.4) is 0 Å². The second kappa shape index (κ2) is 56.4. The Balaban J connectivity index is 4.53. The van der Waals surface area contributed by atoms with Gasteiger partial charge in [-0.2, -0.15) is 0 Å². The van der Waals surface area contributed by atoms with E-state index in [-0.39, 0.29) is 37.5 Å². The Kier molecular flexibility index (Phi) is 53.0. The van der Waals surface area contributed by atoms with Crippen molar-refractivity contribution in [3.05, 3.63) is 122 Å². The van der Waals surface area contributed by atoms with Gasteiger partial charge >= 0.3 is 17.9 Å². The number of allylic oxidation sites excluding steroid dienone is 20. The number of esters is 3. The monoisotopic (exact) mass is 955 g/mol. The molecule has 0 aromatic rings. The van der Waals surface area contributed by atoms with E-state index in [0.29, 0.717) is 12.8 Å². The SMILES string of the molecule is CC/C=C\C/C=C\C/C=C\C/C=C\C/C=C\CCCCCC(=O)OC[C@H](COC(=O)CCCCCCC/C=C\CCCCCCCC)OC(=O)CCCCCC/C=C\C/C=C\C/C=C\C/C=C\CC. The average Bonchev–Trinajstić information content (AvgIpc) is 3.35. The van der Waals surface area contributed by atoms with Crippen molar-refractivity contribution < 1.29 is 28.6 Å². The summed E-state index contributed by atoms with van der Waals surface area (Å²) >= 11 is 0. The van der Waals surface area contributed by atoms with Gasteiger partial charge in [-0.25, -0.2) is 0 Å². The third kappa shape index (κ3) is 54.6. The van der Waals surface area contributed by atoms with Crippen LogP contribution in [0.25, 0.3) is 0 Å². The number of unbranched alkanes of at least 4 members (excludes halogenated alkanes) is 18. The first-order valence-corrected chi connectivity index (χ1v) is 28.0. The lowest BCUT2D eigenvalue weighted by Crippen LogP contribution is -2.30. The number of hydrogen-bond acceptors (Lipinski definition) is 6. The molecule has 0 bridgehead atoms. The van der Waals surface area contributed by atoms with Crippen molar-refractivity contribution in [2.45, 2.75) is 245 Å². The topological polar surface area (TPSA) is 78.9 Å². The molecule has 6 nitrogen and oxygen atoms in total. The summed E-state index contributed by atoms with van der Waals surface area (Å²) in [5.41, 5.74) is 0. The molecule has 0 aliphatic rings. The van der Waals surface area contributed by atoms with E-state index in [2.05, 4.69) is 142 Å². The lowest BCUT2D eigenvalue weighted by molar-refractivity contribution is -0.167. The first-order chi connectivity index (χ1) is 34.0. The zero-order chi connectivity index (χ0) is 50.0. The van der Waals surface area contributed by atoms with Gasteiger partial charge in [-0.3, -0.25) is 14.4 Å². The summed E-state index contributed by atoms with van der Waals surface area (Å²) in [6.07, 6.45) is 77.5. The summed E-state index contributed by atoms with van der Waals surface area (Å²) < 4.78 is 16.8. The van der Waals surface area contributed by atoms with E-state index < -0.39 is 6.10 Å². The Morgan fingerprint density at radius 2 is 0.565 bits per heavy atom. The third-order valence-electron chi connectivity index (χ3n) is 11.4. The van der Waals surface area contributed by atoms with Gasteiger partial charge in [-0.05, 0) is 128 Å². The quantitative estimate of drug-likeness (QED) is 0.0262. The summed E-state index contributed by atoms with van der Waals surface area (Å²) in [4.78, 5) is 38.1. The molecule has 0 radical (unpaired) electrons. The van der Waals surface area contributed by atoms with Gasteiger partial charge in [0.25, 0.3) is 0 Å². The molecular formula is C63H102O6. The second-order valence-corrected chi connectivity index (χ2v) is 18.1. The zero-order valence-corrected chi connectivity index (χ0v) is 44.5. The van der Waals surface area contributed by atoms with Gasteiger partial charge in [-0.1, -0.05) is 213 Å². The van der Waals surface area contributed by atoms with E-state index in [0.717, 1.165) is 148 Å². The van der Waals surface area contributed by atoms with Crippen LogP contribution in [-0.2, 0) is 28.6 Å². The van der Waals surface area contributed by atoms with Crippen LogP contribution < -0.4 is 0 Å². The molecule has 0 aromatic heterocycles. The van der Waals surface area contributed by atoms with E-state index in [1.165, 1.54) is 51.4 Å². The molecule has 69 heavy (non-hydrogen) atoms. The van der Waals surface area contributed by atoms with Gasteiger partial charge in [0.1, 0.15) is 13.2 Å². The molecule has 0 heterocycles. The molecule has 0 aliphatic heterocycles. The Labute approximate surface area is 424 Å². The summed E-state index contributed by atoms with van der Waals surface area (Å²) in [7, 11) is 0. The van der Waals surface area contributed by atoms with Gasteiger partial charge < -0.3 is 14.2 Å². The average molecular weight is 956 g/mol. The van der Waals surface area contributed by atoms with Gasteiger partial charge in [0.15, 0.2) is 6.10 Å². The molecule has 0 N–H and O–H groups in total. The zero-order valence-electron chi connectivity index (χ0n) is 44.5. The minimum absolute atomic E-state index is 0.106. The van der Waals surface area contributed by atoms with E-state index in [4.69, 9.17) is 14.2 Å². The smallest absolute Gasteiger partial charge is 0.306 e. The van der Waals surface area contributed by atoms with Crippen LogP contribution >= 0.6 is 0 Å². The van der Waals surface area contributed by atoms with Gasteiger partial charge in [-0.15, -0.1) is 0 Å². The standard InChI is InChI=1S/C63H102O6/c1-4-7-10-13-16-19-22-25-28-30-31-33-35-38-41-44-47-50-53-56-62(65)68-59-60(58-67-61(64)55-52-49-46-43-40-37-34-27-24-21-18-15-12-9-6-3)69-63(66)57-54-51-48-45-42-39-36-32-29-26-23-20-17-14-11-8-5-2/h7-8,10-11,16-17,19-20,25-29,31,33-34,36,38-39,41,60H,4-6,9,12-15,18,21-24,30,32,35,37,40,42-59H2,1-3H3/b10-7-,11-8-,19-16-,20-17-,28-25-,29-26-,33-31-,34-27-,39-36-,41-38-/t60-/m0/s1. The largest absolute Gasteiger partial charge is 0.462 e. The minimum atomic E-state index is -0.812. The van der Waals surface area contributed by atoms with Crippen molar-refractivity contribution >= 4 is 17.9 Å². The predicted octanol–water partition coefficient (Wildman–Crippen LogP) is 18.9. The van der Waals surface area contributed by atoms with E-state index in [1.54, 1.807) is 0 Å². The summed E-state index contributed by atoms with van der Waals surface area (Å²) in [5, 5.41) is 0. The van der Waals surface area contributed by atoms with Crippen LogP contribution in [0.5, 0.6) is 0 Å². The van der Waals surface area contributed by atoms with Crippen molar-refractivity contribution in [2.75, 3.05) is 13.2 Å². The molecule has 0 saturated carbocycles. The highest BCUT2D eigenvalue weighted by Gasteiger charge is 2.19. The van der Waals surface area contributed by atoms with Crippen molar-refractivity contribution in [3.8, 4) is 0 Å². The second-order valence-electron chi connectivity index (χ2n) is 18.1. The maximum absolute atomic E-state index is 12.8. The fourth-order valence-corrected chi connectivity index (χ4v) is 7.28. The fourth-order valence-electron chi connectivity index (χ4n) is 7.28. The lowest BCUT2D eigenvalue weighted by Gasteiger charge is -2.18. The summed E-state index contributed by atoms with van der Waals surface area (Å²) in [6, 6.07) is 0. The predicted molar refractivity (Wildman–Crippen MR) is 297 cm³/mol. The van der Waals surface area contributed by atoms with Crippen LogP contribution in [-0.4, -0.2) is 37.2 Å². The van der Waals surface area contributed by atoms with Crippen LogP contribution in [0.2, 0.25) is 0 Å². The van der Waals surface area contributed by atoms with Crippen molar-refractivity contribution in [3.63, 3.8) is 0 Å². The minimum Gasteiger partial charge on any atom is -0.462 e. The molecule has 0 amide bonds. The van der Waals surface area contributed by atoms with Gasteiger partial charge in [0.05, 0.1) is 0 Å². The molecule has 0 rings (SSSR count). The van der Waals surface area contributed by atoms with E-state index >= 15 is 0 Å². The molecule has 0 aliphatic carbocycles. The molecule has 0 spiro atoms. The van der Waals surface area contributed by atoms with Crippen molar-refractivity contribution in [1.82, 2.24) is 0 Å². The highest BCUT2D eigenvalue weighted by molar-refractivity contribution is 5.71. The molecule has 1 atom stereocenters. The van der Waals surface area contributed by atoms with Gasteiger partial charge in [0.2, 0.25) is 0 Å². The van der Waals surface area contributed by atoms with Crippen molar-refractivity contribution in [1.29, 1.82) is 0 Å². The van der Waals surface area contributed by atoms with E-state index in [1.807, 2.05) is 0 Å². The summed E-state index contributed by atoms with van der Waals surface area (Å²) in [6.45, 7) is 6.34. The molecule has 390 valence electrons. The molecule has 0 fully saturated rings. The molecular weight excluding hydrogens is 853 g/mol. The Hall–Kier alpha value is -4.19. The number of rotatable bonds is 49. The molecule has 0 aromatic carbocycles. The first kappa shape index (κ1) is 64.8. The van der Waals surface area contributed by atoms with Crippen LogP contribution in [0.4, 0.5) is 0 Å². The van der Waals surface area contributed by atoms with Crippen LogP contribution in [0.15, 0.2) is 122 Å².